The van der Waals surface area contributed by atoms with Gasteiger partial charge in [0.2, 0.25) is 5.91 Å². The van der Waals surface area contributed by atoms with Gasteiger partial charge in [-0.2, -0.15) is 0 Å². The Hall–Kier alpha value is -2.47. The zero-order chi connectivity index (χ0) is 17.3. The van der Waals surface area contributed by atoms with Crippen LogP contribution in [0.4, 0.5) is 5.69 Å². The van der Waals surface area contributed by atoms with Crippen LogP contribution in [-0.2, 0) is 9.59 Å². The summed E-state index contributed by atoms with van der Waals surface area (Å²) in [6.07, 6.45) is 0. The van der Waals surface area contributed by atoms with Crippen LogP contribution in [0.1, 0.15) is 24.5 Å². The monoisotopic (exact) mass is 348 g/mol. The Morgan fingerprint density at radius 1 is 1.38 bits per heavy atom. The van der Waals surface area contributed by atoms with Crippen molar-refractivity contribution in [2.24, 2.45) is 0 Å². The Balaban J connectivity index is 1.72. The highest BCUT2D eigenvalue weighted by atomic mass is 35.5. The number of hydrogen-bond donors (Lipinski definition) is 1. The first-order valence-electron chi connectivity index (χ1n) is 7.52. The third-order valence-corrected chi connectivity index (χ3v) is 3.97. The molecule has 3 rings (SSSR count). The maximum Gasteiger partial charge on any atom is 0.265 e. The average Bonchev–Trinajstić information content (AvgIpc) is 2.97. The third kappa shape index (κ3) is 3.38. The highest BCUT2D eigenvalue weighted by Crippen LogP contribution is 2.34. The molecule has 0 bridgehead atoms. The molecule has 126 valence electrons. The number of carbonyl (C=O) groups excluding carboxylic acids is 2. The summed E-state index contributed by atoms with van der Waals surface area (Å²) in [5, 5.41) is 3.29. The zero-order valence-corrected chi connectivity index (χ0v) is 14.1. The molecule has 2 heterocycles. The van der Waals surface area contributed by atoms with E-state index in [-0.39, 0.29) is 31.0 Å². The SMILES string of the molecule is Cc1ccc(C(C)NC(=O)CN2C(=O)COc3ccc(Cl)cc32)o1. The van der Waals surface area contributed by atoms with Crippen LogP contribution >= 0.6 is 11.6 Å². The first-order chi connectivity index (χ1) is 11.4. The predicted octanol–water partition coefficient (Wildman–Crippen LogP) is 2.84. The number of rotatable bonds is 4. The largest absolute Gasteiger partial charge is 0.482 e. The molecule has 1 unspecified atom stereocenters. The maximum absolute atomic E-state index is 12.3. The quantitative estimate of drug-likeness (QED) is 0.922. The molecular weight excluding hydrogens is 332 g/mol. The summed E-state index contributed by atoms with van der Waals surface area (Å²) in [5.41, 5.74) is 0.496. The summed E-state index contributed by atoms with van der Waals surface area (Å²) in [6, 6.07) is 8.33. The summed E-state index contributed by atoms with van der Waals surface area (Å²) in [4.78, 5) is 25.8. The predicted molar refractivity (Wildman–Crippen MR) is 89.3 cm³/mol. The molecule has 0 saturated carbocycles. The fourth-order valence-electron chi connectivity index (χ4n) is 2.54. The van der Waals surface area contributed by atoms with Gasteiger partial charge in [-0.05, 0) is 44.2 Å². The van der Waals surface area contributed by atoms with Gasteiger partial charge in [-0.3, -0.25) is 14.5 Å². The van der Waals surface area contributed by atoms with E-state index in [0.29, 0.717) is 22.2 Å². The van der Waals surface area contributed by atoms with Crippen LogP contribution in [-0.4, -0.2) is 25.0 Å². The molecule has 0 spiro atoms. The van der Waals surface area contributed by atoms with E-state index in [0.717, 1.165) is 5.76 Å². The Morgan fingerprint density at radius 3 is 2.88 bits per heavy atom. The minimum absolute atomic E-state index is 0.102. The molecule has 24 heavy (non-hydrogen) atoms. The number of nitrogens with zero attached hydrogens (tertiary/aromatic N) is 1. The lowest BCUT2D eigenvalue weighted by atomic mass is 10.2. The zero-order valence-electron chi connectivity index (χ0n) is 13.3. The summed E-state index contributed by atoms with van der Waals surface area (Å²) >= 11 is 5.99. The van der Waals surface area contributed by atoms with Crippen LogP contribution in [0.5, 0.6) is 5.75 Å². The first kappa shape index (κ1) is 16.4. The molecule has 0 aliphatic carbocycles. The lowest BCUT2D eigenvalue weighted by Crippen LogP contribution is -2.45. The van der Waals surface area contributed by atoms with Crippen LogP contribution in [0.25, 0.3) is 0 Å². The van der Waals surface area contributed by atoms with E-state index >= 15 is 0 Å². The number of hydrogen-bond acceptors (Lipinski definition) is 4. The Bertz CT molecular complexity index is 787. The Labute approximate surface area is 144 Å². The lowest BCUT2D eigenvalue weighted by molar-refractivity contribution is -0.125. The van der Waals surface area contributed by atoms with Crippen molar-refractivity contribution in [2.75, 3.05) is 18.1 Å². The van der Waals surface area contributed by atoms with Gasteiger partial charge in [0, 0.05) is 5.02 Å². The minimum atomic E-state index is -0.294. The molecular formula is C17H17ClN2O4. The van der Waals surface area contributed by atoms with Gasteiger partial charge in [0.05, 0.1) is 11.7 Å². The highest BCUT2D eigenvalue weighted by Gasteiger charge is 2.28. The molecule has 1 aromatic heterocycles. The molecule has 2 amide bonds. The number of amides is 2. The number of anilines is 1. The Kier molecular flexibility index (Phi) is 4.49. The standard InChI is InChI=1S/C17H17ClN2O4/c1-10-3-5-14(24-10)11(2)19-16(21)8-20-13-7-12(18)4-6-15(13)23-9-17(20)22/h3-7,11H,8-9H2,1-2H3,(H,19,21). The van der Waals surface area contributed by atoms with E-state index < -0.39 is 0 Å². The maximum atomic E-state index is 12.3. The highest BCUT2D eigenvalue weighted by molar-refractivity contribution is 6.31. The van der Waals surface area contributed by atoms with Crippen molar-refractivity contribution in [1.29, 1.82) is 0 Å². The van der Waals surface area contributed by atoms with Crippen molar-refractivity contribution in [3.63, 3.8) is 0 Å². The lowest BCUT2D eigenvalue weighted by Gasteiger charge is -2.29. The second-order valence-electron chi connectivity index (χ2n) is 5.62. The fourth-order valence-corrected chi connectivity index (χ4v) is 2.70. The van der Waals surface area contributed by atoms with Crippen molar-refractivity contribution < 1.29 is 18.7 Å². The number of fused-ring (bicyclic) bond motifs is 1. The number of halogens is 1. The third-order valence-electron chi connectivity index (χ3n) is 3.73. The molecule has 1 atom stereocenters. The number of furan rings is 1. The summed E-state index contributed by atoms with van der Waals surface area (Å²) in [5.74, 6) is 1.39. The van der Waals surface area contributed by atoms with E-state index in [9.17, 15) is 9.59 Å². The summed E-state index contributed by atoms with van der Waals surface area (Å²) in [7, 11) is 0. The number of ether oxygens (including phenoxy) is 1. The van der Waals surface area contributed by atoms with E-state index in [4.69, 9.17) is 20.8 Å². The molecule has 6 nitrogen and oxygen atoms in total. The van der Waals surface area contributed by atoms with Crippen molar-refractivity contribution in [3.05, 3.63) is 46.9 Å². The first-order valence-corrected chi connectivity index (χ1v) is 7.90. The smallest absolute Gasteiger partial charge is 0.265 e. The van der Waals surface area contributed by atoms with Crippen molar-refractivity contribution in [3.8, 4) is 5.75 Å². The minimum Gasteiger partial charge on any atom is -0.482 e. The molecule has 1 N–H and O–H groups in total. The summed E-state index contributed by atoms with van der Waals surface area (Å²) < 4.78 is 10.9. The molecule has 0 fully saturated rings. The van der Waals surface area contributed by atoms with Crippen LogP contribution in [0.3, 0.4) is 0 Å². The number of nitrogens with one attached hydrogen (secondary N) is 1. The average molecular weight is 349 g/mol. The van der Waals surface area contributed by atoms with Gasteiger partial charge >= 0.3 is 0 Å². The van der Waals surface area contributed by atoms with E-state index in [1.165, 1.54) is 4.90 Å². The second kappa shape index (κ2) is 6.57. The molecule has 1 aromatic carbocycles. The molecule has 2 aromatic rings. The number of aryl methyl sites for hydroxylation is 1. The van der Waals surface area contributed by atoms with Gasteiger partial charge in [0.15, 0.2) is 6.61 Å². The molecule has 7 heteroatoms. The van der Waals surface area contributed by atoms with Crippen LogP contribution < -0.4 is 15.0 Å². The number of benzene rings is 1. The van der Waals surface area contributed by atoms with Crippen LogP contribution in [0.2, 0.25) is 5.02 Å². The van der Waals surface area contributed by atoms with Gasteiger partial charge < -0.3 is 14.5 Å². The van der Waals surface area contributed by atoms with Crippen LogP contribution in [0, 0.1) is 6.92 Å². The van der Waals surface area contributed by atoms with E-state index in [1.807, 2.05) is 26.0 Å². The van der Waals surface area contributed by atoms with Crippen molar-refractivity contribution in [2.45, 2.75) is 19.9 Å². The van der Waals surface area contributed by atoms with Gasteiger partial charge in [0.1, 0.15) is 23.8 Å². The van der Waals surface area contributed by atoms with Crippen molar-refractivity contribution in [1.82, 2.24) is 5.32 Å². The second-order valence-corrected chi connectivity index (χ2v) is 6.05. The molecule has 0 saturated heterocycles. The molecule has 1 aliphatic rings. The molecule has 1 aliphatic heterocycles. The van der Waals surface area contributed by atoms with Gasteiger partial charge in [0.25, 0.3) is 5.91 Å². The van der Waals surface area contributed by atoms with Gasteiger partial charge in [-0.25, -0.2) is 0 Å². The fraction of sp³-hybridized carbons (Fsp3) is 0.294. The van der Waals surface area contributed by atoms with E-state index in [1.54, 1.807) is 18.2 Å². The van der Waals surface area contributed by atoms with Crippen molar-refractivity contribution >= 4 is 29.1 Å². The summed E-state index contributed by atoms with van der Waals surface area (Å²) in [6.45, 7) is 3.45. The van der Waals surface area contributed by atoms with Crippen LogP contribution in [0.15, 0.2) is 34.7 Å². The van der Waals surface area contributed by atoms with Gasteiger partial charge in [-0.15, -0.1) is 0 Å². The topological polar surface area (TPSA) is 71.8 Å². The normalized spacial score (nSPS) is 14.8. The van der Waals surface area contributed by atoms with E-state index in [2.05, 4.69) is 5.32 Å². The van der Waals surface area contributed by atoms with Gasteiger partial charge in [-0.1, -0.05) is 11.6 Å². The number of carbonyl (C=O) groups is 2. The Morgan fingerprint density at radius 2 is 2.17 bits per heavy atom. The molecule has 0 radical (unpaired) electrons.